The zero-order chi connectivity index (χ0) is 12.8. The van der Waals surface area contributed by atoms with Crippen LogP contribution in [0.1, 0.15) is 41.5 Å². The lowest BCUT2D eigenvalue weighted by atomic mass is 10.2. The van der Waals surface area contributed by atoms with Gasteiger partial charge >= 0.3 is 0 Å². The van der Waals surface area contributed by atoms with Crippen LogP contribution in [-0.2, 0) is 8.85 Å². The second-order valence-corrected chi connectivity index (χ2v) is 11.2. The van der Waals surface area contributed by atoms with E-state index >= 15 is 0 Å². The van der Waals surface area contributed by atoms with Gasteiger partial charge in [0.25, 0.3) is 0 Å². The summed E-state index contributed by atoms with van der Waals surface area (Å²) in [7, 11) is -1.93. The molecule has 16 heavy (non-hydrogen) atoms. The first-order valence-corrected chi connectivity index (χ1v) is 11.1. The summed E-state index contributed by atoms with van der Waals surface area (Å²) in [5.41, 5.74) is 0.0355. The summed E-state index contributed by atoms with van der Waals surface area (Å²) in [4.78, 5) is 0. The lowest BCUT2D eigenvalue weighted by molar-refractivity contribution is 0.130. The standard InChI is InChI=1S/C12H30O2Si2/c1-8-16(13-11(2)3)10-9-15(7)14-12(4,5)6/h11,15-16H,8-10H2,1-7H3. The Morgan fingerprint density at radius 3 is 2.06 bits per heavy atom. The van der Waals surface area contributed by atoms with Crippen molar-refractivity contribution in [3.8, 4) is 0 Å². The summed E-state index contributed by atoms with van der Waals surface area (Å²) in [6, 6.07) is 3.81. The molecule has 4 heteroatoms. The summed E-state index contributed by atoms with van der Waals surface area (Å²) in [5, 5.41) is 0. The summed E-state index contributed by atoms with van der Waals surface area (Å²) >= 11 is 0. The molecule has 0 aliphatic heterocycles. The van der Waals surface area contributed by atoms with Crippen molar-refractivity contribution in [2.24, 2.45) is 0 Å². The van der Waals surface area contributed by atoms with Crippen LogP contribution >= 0.6 is 0 Å². The Bertz CT molecular complexity index is 178. The molecule has 0 spiro atoms. The first kappa shape index (κ1) is 16.4. The fourth-order valence-corrected chi connectivity index (χ4v) is 8.03. The molecule has 0 heterocycles. The average molecular weight is 263 g/mol. The van der Waals surface area contributed by atoms with Crippen LogP contribution in [0, 0.1) is 0 Å². The van der Waals surface area contributed by atoms with Crippen LogP contribution in [0.4, 0.5) is 0 Å². The van der Waals surface area contributed by atoms with E-state index in [2.05, 4.69) is 48.1 Å². The van der Waals surface area contributed by atoms with E-state index < -0.39 is 18.1 Å². The van der Waals surface area contributed by atoms with E-state index in [-0.39, 0.29) is 5.60 Å². The minimum Gasteiger partial charge on any atom is -0.418 e. The average Bonchev–Trinajstić information content (AvgIpc) is 2.08. The highest BCUT2D eigenvalue weighted by Gasteiger charge is 2.19. The molecule has 0 radical (unpaired) electrons. The van der Waals surface area contributed by atoms with Gasteiger partial charge in [-0.1, -0.05) is 6.92 Å². The molecule has 0 aliphatic carbocycles. The molecule has 0 amide bonds. The first-order valence-electron chi connectivity index (χ1n) is 6.58. The number of hydrogen-bond donors (Lipinski definition) is 0. The van der Waals surface area contributed by atoms with Crippen molar-refractivity contribution in [3.05, 3.63) is 0 Å². The molecule has 0 aromatic rings. The lowest BCUT2D eigenvalue weighted by Gasteiger charge is -2.26. The van der Waals surface area contributed by atoms with Gasteiger partial charge in [-0.2, -0.15) is 0 Å². The molecule has 0 bridgehead atoms. The van der Waals surface area contributed by atoms with Crippen LogP contribution in [-0.4, -0.2) is 29.8 Å². The maximum atomic E-state index is 6.04. The molecule has 98 valence electrons. The SMILES string of the molecule is CC[SiH](CC[SiH](C)OC(C)(C)C)OC(C)C. The zero-order valence-electron chi connectivity index (χ0n) is 12.2. The van der Waals surface area contributed by atoms with Crippen LogP contribution in [0.3, 0.4) is 0 Å². The van der Waals surface area contributed by atoms with E-state index in [1.165, 1.54) is 18.1 Å². The largest absolute Gasteiger partial charge is 0.418 e. The molecule has 0 saturated heterocycles. The topological polar surface area (TPSA) is 18.5 Å². The van der Waals surface area contributed by atoms with E-state index in [4.69, 9.17) is 8.85 Å². The molecular weight excluding hydrogens is 232 g/mol. The highest BCUT2D eigenvalue weighted by Crippen LogP contribution is 2.15. The van der Waals surface area contributed by atoms with Gasteiger partial charge in [-0.05, 0) is 59.3 Å². The van der Waals surface area contributed by atoms with Crippen molar-refractivity contribution in [3.63, 3.8) is 0 Å². The van der Waals surface area contributed by atoms with Gasteiger partial charge in [0.15, 0.2) is 18.1 Å². The molecule has 0 fully saturated rings. The van der Waals surface area contributed by atoms with Gasteiger partial charge in [0, 0.05) is 11.7 Å². The number of rotatable bonds is 7. The van der Waals surface area contributed by atoms with Gasteiger partial charge in [-0.25, -0.2) is 0 Å². The quantitative estimate of drug-likeness (QED) is 0.655. The van der Waals surface area contributed by atoms with E-state index in [0.29, 0.717) is 6.10 Å². The predicted octanol–water partition coefficient (Wildman–Crippen LogP) is 3.32. The molecule has 2 atom stereocenters. The van der Waals surface area contributed by atoms with Gasteiger partial charge in [0.2, 0.25) is 0 Å². The Morgan fingerprint density at radius 1 is 1.12 bits per heavy atom. The van der Waals surface area contributed by atoms with Gasteiger partial charge in [-0.15, -0.1) is 0 Å². The molecule has 0 saturated carbocycles. The third kappa shape index (κ3) is 9.57. The fraction of sp³-hybridized carbons (Fsp3) is 1.00. The highest BCUT2D eigenvalue weighted by atomic mass is 28.3. The van der Waals surface area contributed by atoms with E-state index in [0.717, 1.165) is 0 Å². The second-order valence-electron chi connectivity index (χ2n) is 5.83. The number of hydrogen-bond acceptors (Lipinski definition) is 2. The Balaban J connectivity index is 3.83. The summed E-state index contributed by atoms with van der Waals surface area (Å²) in [6.07, 6.45) is 0.400. The molecule has 2 unspecified atom stereocenters. The van der Waals surface area contributed by atoms with Gasteiger partial charge in [0.1, 0.15) is 0 Å². The van der Waals surface area contributed by atoms with Crippen LogP contribution in [0.5, 0.6) is 0 Å². The third-order valence-electron chi connectivity index (χ3n) is 2.37. The van der Waals surface area contributed by atoms with Crippen molar-refractivity contribution >= 4 is 18.1 Å². The van der Waals surface area contributed by atoms with Crippen molar-refractivity contribution in [1.82, 2.24) is 0 Å². The van der Waals surface area contributed by atoms with Crippen LogP contribution in [0.15, 0.2) is 0 Å². The zero-order valence-corrected chi connectivity index (χ0v) is 14.5. The highest BCUT2D eigenvalue weighted by molar-refractivity contribution is 6.57. The van der Waals surface area contributed by atoms with E-state index in [1.54, 1.807) is 0 Å². The maximum absolute atomic E-state index is 6.04. The predicted molar refractivity (Wildman–Crippen MR) is 77.3 cm³/mol. The molecule has 0 aromatic carbocycles. The Hall–Kier alpha value is 0.354. The first-order chi connectivity index (χ1) is 7.24. The molecule has 0 aliphatic rings. The Labute approximate surface area is 105 Å². The Kier molecular flexibility index (Phi) is 7.80. The normalized spacial score (nSPS) is 16.5. The van der Waals surface area contributed by atoms with E-state index in [1.807, 2.05) is 0 Å². The second kappa shape index (κ2) is 7.64. The third-order valence-corrected chi connectivity index (χ3v) is 8.11. The van der Waals surface area contributed by atoms with E-state index in [9.17, 15) is 0 Å². The van der Waals surface area contributed by atoms with Crippen molar-refractivity contribution in [2.75, 3.05) is 0 Å². The maximum Gasteiger partial charge on any atom is 0.176 e. The molecule has 0 aromatic heterocycles. The van der Waals surface area contributed by atoms with Gasteiger partial charge < -0.3 is 8.85 Å². The van der Waals surface area contributed by atoms with Gasteiger partial charge in [-0.3, -0.25) is 0 Å². The van der Waals surface area contributed by atoms with Gasteiger partial charge in [0.05, 0.1) is 0 Å². The minimum atomic E-state index is -0.988. The van der Waals surface area contributed by atoms with Crippen molar-refractivity contribution in [1.29, 1.82) is 0 Å². The fourth-order valence-electron chi connectivity index (χ4n) is 1.84. The van der Waals surface area contributed by atoms with Crippen LogP contribution < -0.4 is 0 Å². The summed E-state index contributed by atoms with van der Waals surface area (Å²) in [5.74, 6) is 0. The molecule has 2 nitrogen and oxygen atoms in total. The monoisotopic (exact) mass is 262 g/mol. The molecular formula is C12H30O2Si2. The molecule has 0 rings (SSSR count). The van der Waals surface area contributed by atoms with Crippen molar-refractivity contribution in [2.45, 2.75) is 77.9 Å². The minimum absolute atomic E-state index is 0.0355. The smallest absolute Gasteiger partial charge is 0.176 e. The summed E-state index contributed by atoms with van der Waals surface area (Å²) < 4.78 is 12.0. The molecule has 0 N–H and O–H groups in total. The van der Waals surface area contributed by atoms with Crippen LogP contribution in [0.25, 0.3) is 0 Å². The van der Waals surface area contributed by atoms with Crippen molar-refractivity contribution < 1.29 is 8.85 Å². The van der Waals surface area contributed by atoms with Crippen LogP contribution in [0.2, 0.25) is 24.7 Å². The summed E-state index contributed by atoms with van der Waals surface area (Å²) in [6.45, 7) is 15.3. The lowest BCUT2D eigenvalue weighted by Crippen LogP contribution is -2.30. The Morgan fingerprint density at radius 2 is 1.69 bits per heavy atom.